The molecular formula is C13H11N5O3S. The van der Waals surface area contributed by atoms with Crippen molar-refractivity contribution in [3.63, 3.8) is 0 Å². The zero-order valence-corrected chi connectivity index (χ0v) is 12.3. The Kier molecular flexibility index (Phi) is 3.79. The van der Waals surface area contributed by atoms with Crippen LogP contribution in [0.4, 0.5) is 5.95 Å². The van der Waals surface area contributed by atoms with E-state index in [0.717, 1.165) is 4.88 Å². The Bertz CT molecular complexity index is 800. The summed E-state index contributed by atoms with van der Waals surface area (Å²) in [5.74, 6) is -0.0125. The average Bonchev–Trinajstić information content (AvgIpc) is 3.15. The Labute approximate surface area is 128 Å². The van der Waals surface area contributed by atoms with Crippen molar-refractivity contribution in [3.8, 4) is 10.8 Å². The highest BCUT2D eigenvalue weighted by molar-refractivity contribution is 7.13. The van der Waals surface area contributed by atoms with Crippen LogP contribution < -0.4 is 5.32 Å². The minimum atomic E-state index is -1.10. The van der Waals surface area contributed by atoms with Gasteiger partial charge in [-0.3, -0.25) is 0 Å². The van der Waals surface area contributed by atoms with Crippen molar-refractivity contribution in [3.05, 3.63) is 40.8 Å². The maximum Gasteiger partial charge on any atom is 0.354 e. The van der Waals surface area contributed by atoms with Crippen LogP contribution in [0.15, 0.2) is 28.1 Å². The quantitative estimate of drug-likeness (QED) is 0.736. The van der Waals surface area contributed by atoms with E-state index >= 15 is 0 Å². The summed E-state index contributed by atoms with van der Waals surface area (Å²) in [4.78, 5) is 24.1. The van der Waals surface area contributed by atoms with Crippen molar-refractivity contribution >= 4 is 23.3 Å². The maximum absolute atomic E-state index is 11.0. The number of aromatic carboxylic acids is 1. The first-order valence-corrected chi connectivity index (χ1v) is 7.19. The summed E-state index contributed by atoms with van der Waals surface area (Å²) in [5, 5.41) is 17.6. The number of carboxylic acid groups (broad SMARTS) is 1. The molecule has 9 heteroatoms. The van der Waals surface area contributed by atoms with Gasteiger partial charge in [0.15, 0.2) is 11.5 Å². The van der Waals surface area contributed by atoms with Gasteiger partial charge >= 0.3 is 5.97 Å². The zero-order valence-electron chi connectivity index (χ0n) is 11.5. The molecule has 0 atom stereocenters. The molecule has 0 saturated heterocycles. The second-order valence-corrected chi connectivity index (χ2v) is 5.32. The predicted molar refractivity (Wildman–Crippen MR) is 78.7 cm³/mol. The Morgan fingerprint density at radius 2 is 2.27 bits per heavy atom. The van der Waals surface area contributed by atoms with Gasteiger partial charge in [-0.1, -0.05) is 11.2 Å². The summed E-state index contributed by atoms with van der Waals surface area (Å²) in [7, 11) is 0. The Balaban J connectivity index is 1.72. The predicted octanol–water partition coefficient (Wildman–Crippen LogP) is 2.21. The number of nitrogens with zero attached hydrogens (tertiary/aromatic N) is 4. The maximum atomic E-state index is 11.0. The molecule has 0 saturated carbocycles. The second kappa shape index (κ2) is 5.90. The van der Waals surface area contributed by atoms with Crippen molar-refractivity contribution in [2.75, 3.05) is 5.32 Å². The van der Waals surface area contributed by atoms with E-state index in [1.165, 1.54) is 17.4 Å². The van der Waals surface area contributed by atoms with Crippen LogP contribution in [0.1, 0.15) is 22.0 Å². The topological polar surface area (TPSA) is 114 Å². The van der Waals surface area contributed by atoms with Gasteiger partial charge in [0.2, 0.25) is 5.95 Å². The minimum absolute atomic E-state index is 0.0672. The first-order valence-electron chi connectivity index (χ1n) is 6.31. The van der Waals surface area contributed by atoms with Crippen LogP contribution in [0, 0.1) is 6.92 Å². The van der Waals surface area contributed by atoms with E-state index in [0.29, 0.717) is 17.4 Å². The fourth-order valence-electron chi connectivity index (χ4n) is 1.74. The van der Waals surface area contributed by atoms with Crippen LogP contribution in [0.3, 0.4) is 0 Å². The molecule has 0 aliphatic carbocycles. The molecule has 3 heterocycles. The molecular weight excluding hydrogens is 306 g/mol. The minimum Gasteiger partial charge on any atom is -0.477 e. The second-order valence-electron chi connectivity index (χ2n) is 4.37. The molecule has 0 fully saturated rings. The van der Waals surface area contributed by atoms with Gasteiger partial charge in [-0.25, -0.2) is 14.8 Å². The van der Waals surface area contributed by atoms with Gasteiger partial charge < -0.3 is 14.9 Å². The van der Waals surface area contributed by atoms with Crippen molar-refractivity contribution < 1.29 is 14.4 Å². The molecule has 8 nitrogen and oxygen atoms in total. The van der Waals surface area contributed by atoms with Crippen LogP contribution >= 0.6 is 11.3 Å². The number of carbonyl (C=O) groups is 1. The lowest BCUT2D eigenvalue weighted by molar-refractivity contribution is 0.0690. The molecule has 0 bridgehead atoms. The summed E-state index contributed by atoms with van der Waals surface area (Å²) >= 11 is 1.50. The van der Waals surface area contributed by atoms with E-state index < -0.39 is 5.97 Å². The van der Waals surface area contributed by atoms with Gasteiger partial charge in [-0.05, 0) is 24.4 Å². The third-order valence-electron chi connectivity index (χ3n) is 2.68. The van der Waals surface area contributed by atoms with E-state index in [2.05, 4.69) is 25.4 Å². The molecule has 3 aromatic heterocycles. The highest BCUT2D eigenvalue weighted by Crippen LogP contribution is 2.22. The van der Waals surface area contributed by atoms with E-state index in [9.17, 15) is 4.79 Å². The number of carboxylic acids is 1. The van der Waals surface area contributed by atoms with E-state index in [4.69, 9.17) is 9.63 Å². The van der Waals surface area contributed by atoms with Gasteiger partial charge in [0, 0.05) is 5.69 Å². The van der Waals surface area contributed by atoms with Crippen LogP contribution in [-0.2, 0) is 6.54 Å². The number of nitrogens with one attached hydrogen (secondary N) is 1. The number of anilines is 1. The number of thiophene rings is 1. The molecule has 0 radical (unpaired) electrons. The van der Waals surface area contributed by atoms with Gasteiger partial charge in [0.25, 0.3) is 5.89 Å². The molecule has 0 unspecified atom stereocenters. The van der Waals surface area contributed by atoms with E-state index in [1.54, 1.807) is 6.92 Å². The number of hydrogen-bond donors (Lipinski definition) is 2. The lowest BCUT2D eigenvalue weighted by Crippen LogP contribution is -2.09. The summed E-state index contributed by atoms with van der Waals surface area (Å²) < 4.78 is 5.16. The molecule has 3 aromatic rings. The van der Waals surface area contributed by atoms with Crippen LogP contribution in [0.5, 0.6) is 0 Å². The first kappa shape index (κ1) is 14.1. The molecule has 0 aliphatic heterocycles. The average molecular weight is 317 g/mol. The third-order valence-corrected chi connectivity index (χ3v) is 3.54. The standard InChI is InChI=1S/C13H11N5O3S/c1-7-5-8(12(19)20)16-13(15-7)14-6-10-17-11(21-18-10)9-3-2-4-22-9/h2-5H,6H2,1H3,(H,19,20)(H,14,15,16). The van der Waals surface area contributed by atoms with Crippen LogP contribution in [-0.4, -0.2) is 31.2 Å². The summed E-state index contributed by atoms with van der Waals surface area (Å²) in [6.45, 7) is 1.93. The van der Waals surface area contributed by atoms with Crippen molar-refractivity contribution in [2.24, 2.45) is 0 Å². The van der Waals surface area contributed by atoms with Crippen LogP contribution in [0.25, 0.3) is 10.8 Å². The molecule has 3 rings (SSSR count). The number of aromatic nitrogens is 4. The first-order chi connectivity index (χ1) is 10.6. The van der Waals surface area contributed by atoms with Crippen molar-refractivity contribution in [2.45, 2.75) is 13.5 Å². The Hall–Kier alpha value is -2.81. The van der Waals surface area contributed by atoms with Crippen LogP contribution in [0.2, 0.25) is 0 Å². The molecule has 0 aliphatic rings. The molecule has 22 heavy (non-hydrogen) atoms. The van der Waals surface area contributed by atoms with Crippen molar-refractivity contribution in [1.29, 1.82) is 0 Å². The fraction of sp³-hybridized carbons (Fsp3) is 0.154. The van der Waals surface area contributed by atoms with E-state index in [1.807, 2.05) is 17.5 Å². The number of aryl methyl sites for hydroxylation is 1. The number of rotatable bonds is 5. The van der Waals surface area contributed by atoms with Gasteiger partial charge in [0.05, 0.1) is 11.4 Å². The molecule has 0 aromatic carbocycles. The molecule has 112 valence electrons. The van der Waals surface area contributed by atoms with Gasteiger partial charge in [0.1, 0.15) is 0 Å². The fourth-order valence-corrected chi connectivity index (χ4v) is 2.39. The highest BCUT2D eigenvalue weighted by Gasteiger charge is 2.11. The van der Waals surface area contributed by atoms with Gasteiger partial charge in [-0.15, -0.1) is 11.3 Å². The molecule has 2 N–H and O–H groups in total. The Morgan fingerprint density at radius 1 is 1.41 bits per heavy atom. The Morgan fingerprint density at radius 3 is 3.00 bits per heavy atom. The van der Waals surface area contributed by atoms with Crippen molar-refractivity contribution in [1.82, 2.24) is 20.1 Å². The molecule has 0 spiro atoms. The largest absolute Gasteiger partial charge is 0.477 e. The van der Waals surface area contributed by atoms with Gasteiger partial charge in [-0.2, -0.15) is 4.98 Å². The summed E-state index contributed by atoms with van der Waals surface area (Å²) in [5.41, 5.74) is 0.490. The monoisotopic (exact) mass is 317 g/mol. The lowest BCUT2D eigenvalue weighted by Gasteiger charge is -2.04. The number of hydrogen-bond acceptors (Lipinski definition) is 8. The third kappa shape index (κ3) is 3.09. The normalized spacial score (nSPS) is 10.6. The summed E-state index contributed by atoms with van der Waals surface area (Å²) in [6.07, 6.45) is 0. The smallest absolute Gasteiger partial charge is 0.354 e. The summed E-state index contributed by atoms with van der Waals surface area (Å²) in [6, 6.07) is 5.19. The lowest BCUT2D eigenvalue weighted by atomic mass is 10.3. The highest BCUT2D eigenvalue weighted by atomic mass is 32.1. The SMILES string of the molecule is Cc1cc(C(=O)O)nc(NCc2noc(-c3cccs3)n2)n1. The molecule has 0 amide bonds. The zero-order chi connectivity index (χ0) is 15.5. The van der Waals surface area contributed by atoms with E-state index in [-0.39, 0.29) is 18.2 Å².